The van der Waals surface area contributed by atoms with Crippen LogP contribution in [0.25, 0.3) is 0 Å². The molecule has 0 amide bonds. The van der Waals surface area contributed by atoms with Gasteiger partial charge in [0.2, 0.25) is 0 Å². The van der Waals surface area contributed by atoms with E-state index in [1.807, 2.05) is 97.1 Å². The molecule has 14 rings (SSSR count). The Labute approximate surface area is 606 Å². The van der Waals surface area contributed by atoms with Crippen molar-refractivity contribution < 1.29 is 242 Å². The molecule has 0 radical (unpaired) electrons. The van der Waals surface area contributed by atoms with Crippen molar-refractivity contribution in [2.45, 2.75) is 142 Å². The van der Waals surface area contributed by atoms with Crippen molar-refractivity contribution in [3.05, 3.63) is 177 Å². The van der Waals surface area contributed by atoms with Gasteiger partial charge in [-0.1, -0.05) is 135 Å². The van der Waals surface area contributed by atoms with Crippen LogP contribution in [0.1, 0.15) is 48.9 Å². The Bertz CT molecular complexity index is 2110. The molecule has 83 heavy (non-hydrogen) atoms. The molecule has 0 aliphatic carbocycles. The quantitative estimate of drug-likeness (QED) is 0.102. The summed E-state index contributed by atoms with van der Waals surface area (Å²) in [5, 5.41) is 37.0. The van der Waals surface area contributed by atoms with Gasteiger partial charge in [-0.25, -0.2) is 0 Å². The largest absolute Gasteiger partial charge is 0.541 e. The summed E-state index contributed by atoms with van der Waals surface area (Å²) in [5.74, 6) is 0. The number of ether oxygens (including phenoxy) is 14. The number of benzene rings is 4. The number of rotatable bonds is 17. The Morgan fingerprint density at radius 3 is 0.783 bits per heavy atom. The molecule has 10 aliphatic heterocycles. The SMILES string of the molecule is CC[C@]12COC([CH-]O1)[C@@H]2OCc1ccccc1.CC[C@]12COC([CH-]O1)[C@@H]2OCc1ccccc1.OC[C@]12COC([CH-]O1)[C@@H]2O.OC[C@]12COC([CH-]O1)[C@@H]2OCc1ccccc1.OC[C@]12COC([CH-]O1)[C@@H]2OCc1ccccc1.[U].[U].[U].[U].[U]. The zero-order chi connectivity index (χ0) is 54.1. The van der Waals surface area contributed by atoms with E-state index in [1.54, 1.807) is 26.4 Å². The number of hydrogen-bond acceptors (Lipinski definition) is 18. The molecular formula is C60H73O18U5-5. The van der Waals surface area contributed by atoms with Crippen LogP contribution in [0.3, 0.4) is 0 Å². The van der Waals surface area contributed by atoms with Crippen molar-refractivity contribution in [3.63, 3.8) is 0 Å². The molecule has 10 saturated heterocycles. The topological polar surface area (TPSA) is 210 Å². The molecule has 18 nitrogen and oxygen atoms in total. The average molecular weight is 2270 g/mol. The summed E-state index contributed by atoms with van der Waals surface area (Å²) in [4.78, 5) is 0. The molecule has 4 aromatic carbocycles. The Morgan fingerprint density at radius 1 is 0.361 bits per heavy atom. The number of aliphatic hydroxyl groups excluding tert-OH is 4. The fourth-order valence-electron chi connectivity index (χ4n) is 10.9. The van der Waals surface area contributed by atoms with Crippen molar-refractivity contribution in [2.75, 3.05) is 52.9 Å². The van der Waals surface area contributed by atoms with Crippen LogP contribution in [-0.4, -0.2) is 162 Å². The second-order valence-corrected chi connectivity index (χ2v) is 21.0. The minimum atomic E-state index is -0.856. The van der Waals surface area contributed by atoms with Gasteiger partial charge in [0.05, 0.1) is 121 Å². The van der Waals surface area contributed by atoms with Crippen molar-refractivity contribution in [1.29, 1.82) is 0 Å². The average Bonchev–Trinajstić information content (AvgIpc) is 4.46. The molecule has 4 aromatic rings. The summed E-state index contributed by atoms with van der Waals surface area (Å²) in [6, 6.07) is 40.3. The molecule has 0 spiro atoms. The molecule has 15 atom stereocenters. The van der Waals surface area contributed by atoms with E-state index < -0.39 is 22.9 Å². The van der Waals surface area contributed by atoms with E-state index in [0.29, 0.717) is 52.9 Å². The molecule has 23 heteroatoms. The molecule has 0 saturated carbocycles. The van der Waals surface area contributed by atoms with E-state index in [2.05, 4.69) is 38.1 Å². The summed E-state index contributed by atoms with van der Waals surface area (Å²) in [7, 11) is 0. The van der Waals surface area contributed by atoms with Crippen LogP contribution < -0.4 is 0 Å². The van der Waals surface area contributed by atoms with Crippen LogP contribution in [0, 0.1) is 189 Å². The van der Waals surface area contributed by atoms with Crippen molar-refractivity contribution in [3.8, 4) is 0 Å². The van der Waals surface area contributed by atoms with E-state index in [9.17, 15) is 15.3 Å². The Balaban J connectivity index is 0.000000189. The summed E-state index contributed by atoms with van der Waals surface area (Å²) in [6.07, 6.45) is 0.110. The van der Waals surface area contributed by atoms with Gasteiger partial charge in [-0.15, -0.1) is 0 Å². The first-order chi connectivity index (χ1) is 38.1. The third-order valence-corrected chi connectivity index (χ3v) is 16.0. The fraction of sp³-hybridized carbons (Fsp3) is 0.517. The van der Waals surface area contributed by atoms with Gasteiger partial charge < -0.3 is 86.7 Å². The first-order valence-corrected chi connectivity index (χ1v) is 26.9. The summed E-state index contributed by atoms with van der Waals surface area (Å²) < 4.78 is 78.4. The van der Waals surface area contributed by atoms with Gasteiger partial charge in [0, 0.05) is 156 Å². The van der Waals surface area contributed by atoms with Crippen LogP contribution >= 0.6 is 0 Å². The normalized spacial score (nSPS) is 35.3. The van der Waals surface area contributed by atoms with E-state index in [4.69, 9.17) is 71.4 Å². The molecule has 446 valence electrons. The second-order valence-electron chi connectivity index (χ2n) is 21.0. The van der Waals surface area contributed by atoms with Gasteiger partial charge in [0.15, 0.2) is 0 Å². The van der Waals surface area contributed by atoms with Gasteiger partial charge in [0.25, 0.3) is 0 Å². The van der Waals surface area contributed by atoms with Crippen LogP contribution in [0.2, 0.25) is 0 Å². The smallest absolute Gasteiger partial charge is 0.109 e. The van der Waals surface area contributed by atoms with E-state index >= 15 is 0 Å². The maximum absolute atomic E-state index is 9.41. The Kier molecular flexibility index (Phi) is 32.1. The number of fused-ring (bicyclic) bond motifs is 10. The molecule has 10 bridgehead atoms. The Hall–Kier alpha value is 1.42. The van der Waals surface area contributed by atoms with Crippen molar-refractivity contribution in [2.24, 2.45) is 0 Å². The summed E-state index contributed by atoms with van der Waals surface area (Å²) in [5.41, 5.74) is 1.83. The van der Waals surface area contributed by atoms with Crippen LogP contribution in [-0.2, 0) is 92.7 Å². The second kappa shape index (κ2) is 35.5. The molecular weight excluding hydrogens is 2200 g/mol. The standard InChI is InChI=1S/2C14H17O3.2C13H15O4.C6H9O4.5U/c2*1-2-14-10-16-12(9-17-14)13(14)15-8-11-6-4-3-5-7-11;2*14-8-13-9-16-11(7-17-13)12(13)15-6-10-4-2-1-3-5-10;7-2-6-3-9-4(1-10-6)5(6)8;;;;;/h2*3-7,9,12-13H,2,8,10H2,1H3;2*1-5,7,11-12,14H,6,8-9H2;1,4-5,7-8H,2-3H2;;;;;/q5*-1;;;;;/t2*12?,13-,14+;2*11?,12-,13+;4?,5-,6+;;;;;/m00000...../s1. The van der Waals surface area contributed by atoms with Gasteiger partial charge in [0.1, 0.15) is 16.8 Å². The first kappa shape index (κ1) is 75.1. The predicted molar refractivity (Wildman–Crippen MR) is 277 cm³/mol. The van der Waals surface area contributed by atoms with Crippen LogP contribution in [0.5, 0.6) is 0 Å². The summed E-state index contributed by atoms with van der Waals surface area (Å²) in [6.45, 7) is 16.7. The monoisotopic (exact) mass is 2270 g/mol. The third kappa shape index (κ3) is 17.4. The zero-order valence-electron chi connectivity index (χ0n) is 46.6. The minimum Gasteiger partial charge on any atom is -0.541 e. The minimum absolute atomic E-state index is 0. The van der Waals surface area contributed by atoms with Gasteiger partial charge in [-0.2, -0.15) is 33.0 Å². The van der Waals surface area contributed by atoms with Crippen molar-refractivity contribution in [1.82, 2.24) is 0 Å². The van der Waals surface area contributed by atoms with Gasteiger partial charge in [-0.05, 0) is 65.6 Å². The van der Waals surface area contributed by atoms with Crippen LogP contribution in [0.4, 0.5) is 0 Å². The molecule has 10 aliphatic rings. The Morgan fingerprint density at radius 2 is 0.590 bits per heavy atom. The zero-order valence-corrected chi connectivity index (χ0v) is 67.4. The first-order valence-electron chi connectivity index (χ1n) is 26.9. The van der Waals surface area contributed by atoms with E-state index in [-0.39, 0.29) is 248 Å². The maximum Gasteiger partial charge on any atom is 0.109 e. The third-order valence-electron chi connectivity index (χ3n) is 16.0. The van der Waals surface area contributed by atoms with E-state index in [0.717, 1.165) is 24.0 Å². The van der Waals surface area contributed by atoms with Gasteiger partial charge >= 0.3 is 0 Å². The molecule has 5 unspecified atom stereocenters. The fourth-order valence-corrected chi connectivity index (χ4v) is 10.9. The van der Waals surface area contributed by atoms with Crippen LogP contribution in [0.15, 0.2) is 121 Å². The van der Waals surface area contributed by atoms with Gasteiger partial charge in [-0.3, -0.25) is 0 Å². The number of aliphatic hydroxyl groups is 4. The van der Waals surface area contributed by atoms with E-state index in [1.165, 1.54) is 17.7 Å². The molecule has 10 heterocycles. The molecule has 4 N–H and O–H groups in total. The summed E-state index contributed by atoms with van der Waals surface area (Å²) >= 11 is 0. The predicted octanol–water partition coefficient (Wildman–Crippen LogP) is 5.08. The molecule has 0 aromatic heterocycles. The van der Waals surface area contributed by atoms with Crippen molar-refractivity contribution >= 4 is 0 Å². The maximum atomic E-state index is 9.41. The molecule has 10 fully saturated rings. The number of hydrogen-bond donors (Lipinski definition) is 4.